The average molecular weight is 455 g/mol. The molecule has 0 unspecified atom stereocenters. The Bertz CT molecular complexity index is 1080. The highest BCUT2D eigenvalue weighted by Gasteiger charge is 2.42. The molecule has 1 amide bonds. The van der Waals surface area contributed by atoms with Crippen molar-refractivity contribution in [2.75, 3.05) is 13.7 Å². The summed E-state index contributed by atoms with van der Waals surface area (Å²) in [6.07, 6.45) is 1.68. The Kier molecular flexibility index (Phi) is 7.48. The lowest BCUT2D eigenvalue weighted by molar-refractivity contribution is -0.144. The quantitative estimate of drug-likeness (QED) is 0.564. The molecule has 9 heteroatoms. The molecule has 0 radical (unpaired) electrons. The van der Waals surface area contributed by atoms with Gasteiger partial charge in [0.1, 0.15) is 11.8 Å². The number of methoxy groups -OCH3 is 1. The molecular formula is C24H23F2N3O4. The minimum atomic E-state index is -3.05. The van der Waals surface area contributed by atoms with Gasteiger partial charge in [-0.15, -0.1) is 0 Å². The van der Waals surface area contributed by atoms with E-state index in [0.717, 1.165) is 4.90 Å². The van der Waals surface area contributed by atoms with E-state index in [1.54, 1.807) is 24.3 Å². The molecule has 1 saturated heterocycles. The highest BCUT2D eigenvalue weighted by atomic mass is 19.3. The maximum atomic E-state index is 13.7. The Morgan fingerprint density at radius 3 is 2.58 bits per heavy atom. The van der Waals surface area contributed by atoms with Crippen molar-refractivity contribution >= 4 is 17.5 Å². The third-order valence-corrected chi connectivity index (χ3v) is 5.56. The predicted molar refractivity (Wildman–Crippen MR) is 114 cm³/mol. The van der Waals surface area contributed by atoms with E-state index >= 15 is 0 Å². The molecule has 2 heterocycles. The summed E-state index contributed by atoms with van der Waals surface area (Å²) in [5.74, 6) is -3.73. The number of aromatic nitrogens is 1. The minimum absolute atomic E-state index is 0.0654. The van der Waals surface area contributed by atoms with E-state index in [-0.39, 0.29) is 37.0 Å². The van der Waals surface area contributed by atoms with Crippen LogP contribution in [0.4, 0.5) is 8.78 Å². The SMILES string of the molecule is COc1ccc(C(=O)Cc2cnccc2C(=O)CCC(=O)N2CC(F)(F)CC[C@H]2C#N)cc1. The first kappa shape index (κ1) is 24.0. The number of hydrogen-bond donors (Lipinski definition) is 0. The van der Waals surface area contributed by atoms with Gasteiger partial charge in [0, 0.05) is 49.2 Å². The Morgan fingerprint density at radius 2 is 1.91 bits per heavy atom. The molecule has 0 saturated carbocycles. The number of carbonyl (C=O) groups is 3. The zero-order chi connectivity index (χ0) is 24.0. The average Bonchev–Trinajstić information content (AvgIpc) is 2.82. The molecule has 1 atom stereocenters. The fraction of sp³-hybridized carbons (Fsp3) is 0.375. The van der Waals surface area contributed by atoms with Crippen LogP contribution in [0, 0.1) is 11.3 Å². The van der Waals surface area contributed by atoms with Crippen LogP contribution >= 0.6 is 0 Å². The van der Waals surface area contributed by atoms with Gasteiger partial charge in [0.25, 0.3) is 5.92 Å². The van der Waals surface area contributed by atoms with Crippen LogP contribution < -0.4 is 4.74 Å². The first-order valence-electron chi connectivity index (χ1n) is 10.4. The van der Waals surface area contributed by atoms with Crippen LogP contribution in [0.2, 0.25) is 0 Å². The number of carbonyl (C=O) groups excluding carboxylic acids is 3. The van der Waals surface area contributed by atoms with Gasteiger partial charge in [0.2, 0.25) is 5.91 Å². The van der Waals surface area contributed by atoms with Gasteiger partial charge in [-0.1, -0.05) is 0 Å². The van der Waals surface area contributed by atoms with E-state index < -0.39 is 36.6 Å². The van der Waals surface area contributed by atoms with Crippen molar-refractivity contribution in [3.8, 4) is 11.8 Å². The van der Waals surface area contributed by atoms with Crippen molar-refractivity contribution < 1.29 is 27.9 Å². The van der Waals surface area contributed by atoms with E-state index in [1.807, 2.05) is 6.07 Å². The number of piperidine rings is 1. The zero-order valence-electron chi connectivity index (χ0n) is 18.1. The molecular weight excluding hydrogens is 432 g/mol. The van der Waals surface area contributed by atoms with Gasteiger partial charge in [-0.3, -0.25) is 19.4 Å². The number of rotatable bonds is 8. The summed E-state index contributed by atoms with van der Waals surface area (Å²) in [5.41, 5.74) is 1.11. The third-order valence-electron chi connectivity index (χ3n) is 5.56. The Balaban J connectivity index is 1.66. The fourth-order valence-corrected chi connectivity index (χ4v) is 3.73. The van der Waals surface area contributed by atoms with Crippen LogP contribution in [-0.4, -0.2) is 53.0 Å². The molecule has 0 N–H and O–H groups in total. The van der Waals surface area contributed by atoms with E-state index in [1.165, 1.54) is 25.6 Å². The highest BCUT2D eigenvalue weighted by molar-refractivity contribution is 6.02. The van der Waals surface area contributed by atoms with Gasteiger partial charge in [0.05, 0.1) is 19.7 Å². The van der Waals surface area contributed by atoms with Crippen LogP contribution in [0.25, 0.3) is 0 Å². The second-order valence-corrected chi connectivity index (χ2v) is 7.85. The topological polar surface area (TPSA) is 100 Å². The lowest BCUT2D eigenvalue weighted by Gasteiger charge is -2.36. The Hall–Kier alpha value is -3.67. The third kappa shape index (κ3) is 5.98. The molecule has 33 heavy (non-hydrogen) atoms. The van der Waals surface area contributed by atoms with Crippen LogP contribution in [0.1, 0.15) is 52.0 Å². The fourth-order valence-electron chi connectivity index (χ4n) is 3.73. The van der Waals surface area contributed by atoms with Gasteiger partial charge in [-0.25, -0.2) is 8.78 Å². The summed E-state index contributed by atoms with van der Waals surface area (Å²) in [7, 11) is 1.52. The summed E-state index contributed by atoms with van der Waals surface area (Å²) in [4.78, 5) is 42.8. The number of halogens is 2. The Labute approximate surface area is 190 Å². The maximum Gasteiger partial charge on any atom is 0.265 e. The number of ether oxygens (including phenoxy) is 1. The van der Waals surface area contributed by atoms with Crippen LogP contribution in [0.15, 0.2) is 42.7 Å². The number of ketones is 2. The molecule has 0 aliphatic carbocycles. The van der Waals surface area contributed by atoms with E-state index in [9.17, 15) is 28.4 Å². The maximum absolute atomic E-state index is 13.7. The number of pyridine rings is 1. The summed E-state index contributed by atoms with van der Waals surface area (Å²) in [5, 5.41) is 9.18. The second kappa shape index (κ2) is 10.3. The summed E-state index contributed by atoms with van der Waals surface area (Å²) in [6, 6.07) is 8.99. The van der Waals surface area contributed by atoms with Crippen molar-refractivity contribution in [3.63, 3.8) is 0 Å². The van der Waals surface area contributed by atoms with Crippen molar-refractivity contribution in [3.05, 3.63) is 59.4 Å². The van der Waals surface area contributed by atoms with Gasteiger partial charge < -0.3 is 9.64 Å². The predicted octanol–water partition coefficient (Wildman–Crippen LogP) is 3.63. The first-order valence-corrected chi connectivity index (χ1v) is 10.4. The minimum Gasteiger partial charge on any atom is -0.497 e. The lowest BCUT2D eigenvalue weighted by Crippen LogP contribution is -2.51. The summed E-state index contributed by atoms with van der Waals surface area (Å²) >= 11 is 0. The zero-order valence-corrected chi connectivity index (χ0v) is 18.1. The standard InChI is InChI=1S/C24H23F2N3O4/c1-33-19-4-2-16(3-5-19)22(31)12-17-14-28-11-9-20(17)21(30)6-7-23(32)29-15-24(25,26)10-8-18(29)13-27/h2-5,9,11,14,18H,6-8,10,12,15H2,1H3/t18-/m0/s1. The number of Topliss-reactive ketones (excluding diaryl/α,β-unsaturated/α-hetero) is 2. The molecule has 0 bridgehead atoms. The molecule has 7 nitrogen and oxygen atoms in total. The van der Waals surface area contributed by atoms with Crippen molar-refractivity contribution in [2.24, 2.45) is 0 Å². The highest BCUT2D eigenvalue weighted by Crippen LogP contribution is 2.30. The summed E-state index contributed by atoms with van der Waals surface area (Å²) < 4.78 is 32.5. The van der Waals surface area contributed by atoms with Crippen molar-refractivity contribution in [1.82, 2.24) is 9.88 Å². The van der Waals surface area contributed by atoms with Gasteiger partial charge in [-0.05, 0) is 42.3 Å². The number of alkyl halides is 2. The van der Waals surface area contributed by atoms with Gasteiger partial charge in [-0.2, -0.15) is 5.26 Å². The Morgan fingerprint density at radius 1 is 1.18 bits per heavy atom. The summed E-state index contributed by atoms with van der Waals surface area (Å²) in [6.45, 7) is -0.824. The largest absolute Gasteiger partial charge is 0.497 e. The molecule has 1 aromatic heterocycles. The second-order valence-electron chi connectivity index (χ2n) is 7.85. The molecule has 1 aromatic carbocycles. The number of nitrogens with zero attached hydrogens (tertiary/aromatic N) is 3. The molecule has 2 aromatic rings. The molecule has 0 spiro atoms. The normalized spacial score (nSPS) is 17.2. The number of hydrogen-bond acceptors (Lipinski definition) is 6. The van der Waals surface area contributed by atoms with Crippen LogP contribution in [-0.2, 0) is 11.2 Å². The molecule has 1 aliphatic heterocycles. The number of nitriles is 1. The van der Waals surface area contributed by atoms with Crippen LogP contribution in [0.5, 0.6) is 5.75 Å². The molecule has 172 valence electrons. The lowest BCUT2D eigenvalue weighted by atomic mass is 9.96. The van der Waals surface area contributed by atoms with Gasteiger partial charge >= 0.3 is 0 Å². The number of benzene rings is 1. The van der Waals surface area contributed by atoms with Crippen molar-refractivity contribution in [1.29, 1.82) is 5.26 Å². The molecule has 1 aliphatic rings. The van der Waals surface area contributed by atoms with E-state index in [0.29, 0.717) is 16.9 Å². The first-order chi connectivity index (χ1) is 15.7. The van der Waals surface area contributed by atoms with E-state index in [4.69, 9.17) is 4.74 Å². The molecule has 1 fully saturated rings. The monoisotopic (exact) mass is 455 g/mol. The number of likely N-dealkylation sites (tertiary alicyclic amines) is 1. The van der Waals surface area contributed by atoms with Gasteiger partial charge in [0.15, 0.2) is 11.6 Å². The smallest absolute Gasteiger partial charge is 0.265 e. The number of amides is 1. The van der Waals surface area contributed by atoms with E-state index in [2.05, 4.69) is 4.98 Å². The van der Waals surface area contributed by atoms with Crippen LogP contribution in [0.3, 0.4) is 0 Å². The molecule has 3 rings (SSSR count). The van der Waals surface area contributed by atoms with Crippen molar-refractivity contribution in [2.45, 2.75) is 44.1 Å².